The third kappa shape index (κ3) is 2.83. The normalized spacial score (nSPS) is 10.4. The van der Waals surface area contributed by atoms with Crippen molar-refractivity contribution < 1.29 is 4.74 Å². The van der Waals surface area contributed by atoms with Gasteiger partial charge in [-0.15, -0.1) is 11.3 Å². The number of rotatable bonds is 4. The van der Waals surface area contributed by atoms with Gasteiger partial charge in [-0.1, -0.05) is 12.1 Å². The van der Waals surface area contributed by atoms with Crippen LogP contribution in [0, 0.1) is 6.92 Å². The van der Waals surface area contributed by atoms with Gasteiger partial charge in [0.1, 0.15) is 5.75 Å². The lowest BCUT2D eigenvalue weighted by Gasteiger charge is -2.03. The number of aromatic nitrogens is 1. The predicted octanol–water partition coefficient (Wildman–Crippen LogP) is 3.25. The molecule has 1 aromatic heterocycles. The summed E-state index contributed by atoms with van der Waals surface area (Å²) in [5.74, 6) is 0.924. The number of benzene rings is 1. The van der Waals surface area contributed by atoms with E-state index in [9.17, 15) is 0 Å². The Kier molecular flexibility index (Phi) is 3.57. The molecular formula is C13H15NOS. The molecule has 0 amide bonds. The van der Waals surface area contributed by atoms with Crippen molar-refractivity contribution in [2.24, 2.45) is 0 Å². The van der Waals surface area contributed by atoms with E-state index in [2.05, 4.69) is 22.5 Å². The number of ether oxygens (including phenoxy) is 1. The van der Waals surface area contributed by atoms with E-state index in [1.165, 1.54) is 10.6 Å². The molecule has 1 heterocycles. The van der Waals surface area contributed by atoms with Gasteiger partial charge >= 0.3 is 0 Å². The molecule has 1 aromatic carbocycles. The van der Waals surface area contributed by atoms with Gasteiger partial charge in [0.05, 0.1) is 12.1 Å². The first-order valence-electron chi connectivity index (χ1n) is 5.32. The summed E-state index contributed by atoms with van der Waals surface area (Å²) in [7, 11) is 1.70. The van der Waals surface area contributed by atoms with Gasteiger partial charge < -0.3 is 4.74 Å². The second-order valence-electron chi connectivity index (χ2n) is 3.73. The highest BCUT2D eigenvalue weighted by molar-refractivity contribution is 7.09. The number of nitrogens with zero attached hydrogens (tertiary/aromatic N) is 1. The Balaban J connectivity index is 1.99. The van der Waals surface area contributed by atoms with Gasteiger partial charge in [0.25, 0.3) is 0 Å². The van der Waals surface area contributed by atoms with E-state index in [0.29, 0.717) is 0 Å². The van der Waals surface area contributed by atoms with Crippen molar-refractivity contribution in [1.82, 2.24) is 4.98 Å². The van der Waals surface area contributed by atoms with Crippen LogP contribution in [0.4, 0.5) is 0 Å². The zero-order chi connectivity index (χ0) is 11.4. The summed E-state index contributed by atoms with van der Waals surface area (Å²) in [6.45, 7) is 2.03. The first-order valence-corrected chi connectivity index (χ1v) is 6.20. The minimum Gasteiger partial charge on any atom is -0.497 e. The molecule has 0 unspecified atom stereocenters. The zero-order valence-corrected chi connectivity index (χ0v) is 10.4. The largest absolute Gasteiger partial charge is 0.497 e. The molecule has 2 rings (SSSR count). The Labute approximate surface area is 99.9 Å². The maximum Gasteiger partial charge on any atom is 0.119 e. The second-order valence-corrected chi connectivity index (χ2v) is 4.68. The van der Waals surface area contributed by atoms with E-state index in [1.54, 1.807) is 18.4 Å². The SMILES string of the molecule is COc1cccc(CCc2nc(C)cs2)c1. The van der Waals surface area contributed by atoms with Crippen LogP contribution in [0.2, 0.25) is 0 Å². The highest BCUT2D eigenvalue weighted by Crippen LogP contribution is 2.16. The molecule has 0 bridgehead atoms. The molecule has 0 radical (unpaired) electrons. The van der Waals surface area contributed by atoms with Crippen molar-refractivity contribution in [2.45, 2.75) is 19.8 Å². The molecule has 2 aromatic rings. The van der Waals surface area contributed by atoms with Crippen LogP contribution in [0.25, 0.3) is 0 Å². The molecule has 16 heavy (non-hydrogen) atoms. The second kappa shape index (κ2) is 5.12. The first-order chi connectivity index (χ1) is 7.78. The molecule has 0 spiro atoms. The number of thiazole rings is 1. The molecule has 0 aliphatic rings. The molecular weight excluding hydrogens is 218 g/mol. The minimum absolute atomic E-state index is 0.924. The highest BCUT2D eigenvalue weighted by Gasteiger charge is 2.00. The van der Waals surface area contributed by atoms with Crippen LogP contribution < -0.4 is 4.74 Å². The van der Waals surface area contributed by atoms with Gasteiger partial charge in [-0.25, -0.2) is 4.98 Å². The van der Waals surface area contributed by atoms with Gasteiger partial charge in [-0.2, -0.15) is 0 Å². The Hall–Kier alpha value is -1.35. The maximum atomic E-state index is 5.20. The van der Waals surface area contributed by atoms with E-state index in [1.807, 2.05) is 19.1 Å². The number of hydrogen-bond acceptors (Lipinski definition) is 3. The molecule has 3 heteroatoms. The monoisotopic (exact) mass is 233 g/mol. The van der Waals surface area contributed by atoms with Crippen molar-refractivity contribution in [1.29, 1.82) is 0 Å². The van der Waals surface area contributed by atoms with E-state index in [0.717, 1.165) is 24.3 Å². The molecule has 0 fully saturated rings. The number of aryl methyl sites for hydroxylation is 3. The van der Waals surface area contributed by atoms with E-state index >= 15 is 0 Å². The third-order valence-electron chi connectivity index (χ3n) is 2.43. The van der Waals surface area contributed by atoms with Crippen LogP contribution in [0.5, 0.6) is 5.75 Å². The molecule has 0 atom stereocenters. The van der Waals surface area contributed by atoms with Gasteiger partial charge in [0, 0.05) is 17.5 Å². The Morgan fingerprint density at radius 1 is 1.31 bits per heavy atom. The van der Waals surface area contributed by atoms with Crippen LogP contribution in [-0.2, 0) is 12.8 Å². The summed E-state index contributed by atoms with van der Waals surface area (Å²) in [6.07, 6.45) is 2.02. The standard InChI is InChI=1S/C13H15NOS/c1-10-9-16-13(14-10)7-6-11-4-3-5-12(8-11)15-2/h3-5,8-9H,6-7H2,1-2H3. The summed E-state index contributed by atoms with van der Waals surface area (Å²) in [5.41, 5.74) is 2.41. The Bertz CT molecular complexity index is 464. The van der Waals surface area contributed by atoms with Crippen molar-refractivity contribution >= 4 is 11.3 Å². The van der Waals surface area contributed by atoms with E-state index < -0.39 is 0 Å². The van der Waals surface area contributed by atoms with Gasteiger partial charge in [-0.3, -0.25) is 0 Å². The van der Waals surface area contributed by atoms with Crippen LogP contribution in [0.15, 0.2) is 29.6 Å². The van der Waals surface area contributed by atoms with E-state index in [-0.39, 0.29) is 0 Å². The smallest absolute Gasteiger partial charge is 0.119 e. The van der Waals surface area contributed by atoms with Crippen molar-refractivity contribution in [3.05, 3.63) is 45.9 Å². The highest BCUT2D eigenvalue weighted by atomic mass is 32.1. The summed E-state index contributed by atoms with van der Waals surface area (Å²) < 4.78 is 5.20. The van der Waals surface area contributed by atoms with Crippen molar-refractivity contribution in [3.8, 4) is 5.75 Å². The fraction of sp³-hybridized carbons (Fsp3) is 0.308. The molecule has 0 N–H and O–H groups in total. The van der Waals surface area contributed by atoms with Gasteiger partial charge in [0.15, 0.2) is 0 Å². The molecule has 0 aliphatic carbocycles. The Morgan fingerprint density at radius 2 is 2.19 bits per heavy atom. The lowest BCUT2D eigenvalue weighted by Crippen LogP contribution is -1.92. The Morgan fingerprint density at radius 3 is 2.88 bits per heavy atom. The van der Waals surface area contributed by atoms with Crippen LogP contribution in [0.1, 0.15) is 16.3 Å². The number of hydrogen-bond donors (Lipinski definition) is 0. The van der Waals surface area contributed by atoms with Crippen LogP contribution in [0.3, 0.4) is 0 Å². The molecule has 0 saturated carbocycles. The summed E-state index contributed by atoms with van der Waals surface area (Å²) in [5, 5.41) is 3.31. The van der Waals surface area contributed by atoms with Crippen LogP contribution in [-0.4, -0.2) is 12.1 Å². The fourth-order valence-electron chi connectivity index (χ4n) is 1.60. The maximum absolute atomic E-state index is 5.20. The lowest BCUT2D eigenvalue weighted by atomic mass is 10.1. The topological polar surface area (TPSA) is 22.1 Å². The average Bonchev–Trinajstić information content (AvgIpc) is 2.73. The van der Waals surface area contributed by atoms with Crippen molar-refractivity contribution in [2.75, 3.05) is 7.11 Å². The average molecular weight is 233 g/mol. The summed E-state index contributed by atoms with van der Waals surface area (Å²) in [6, 6.07) is 8.21. The van der Waals surface area contributed by atoms with Gasteiger partial charge in [-0.05, 0) is 31.0 Å². The molecule has 0 aliphatic heterocycles. The third-order valence-corrected chi connectivity index (χ3v) is 3.45. The molecule has 84 valence electrons. The minimum atomic E-state index is 0.924. The molecule has 0 saturated heterocycles. The molecule has 2 nitrogen and oxygen atoms in total. The van der Waals surface area contributed by atoms with Gasteiger partial charge in [0.2, 0.25) is 0 Å². The fourth-order valence-corrected chi connectivity index (χ4v) is 2.37. The van der Waals surface area contributed by atoms with Crippen molar-refractivity contribution in [3.63, 3.8) is 0 Å². The predicted molar refractivity (Wildman–Crippen MR) is 67.3 cm³/mol. The van der Waals surface area contributed by atoms with Crippen LogP contribution >= 0.6 is 11.3 Å². The van der Waals surface area contributed by atoms with E-state index in [4.69, 9.17) is 4.74 Å². The summed E-state index contributed by atoms with van der Waals surface area (Å²) in [4.78, 5) is 4.46. The lowest BCUT2D eigenvalue weighted by molar-refractivity contribution is 0.414. The first kappa shape index (κ1) is 11.1. The quantitative estimate of drug-likeness (QED) is 0.808. The number of methoxy groups -OCH3 is 1. The summed E-state index contributed by atoms with van der Waals surface area (Å²) >= 11 is 1.74. The zero-order valence-electron chi connectivity index (χ0n) is 9.56.